The number of carbonyl (C=O) groups excluding carboxylic acids is 1. The Morgan fingerprint density at radius 1 is 1.35 bits per heavy atom. The molecule has 6 nitrogen and oxygen atoms in total. The number of hydrogen-bond donors (Lipinski definition) is 4. The van der Waals surface area contributed by atoms with Gasteiger partial charge in [0.2, 0.25) is 5.91 Å². The Bertz CT molecular complexity index is 783. The Morgan fingerprint density at radius 3 is 3.04 bits per heavy atom. The maximum absolute atomic E-state index is 13.2. The number of amides is 1. The largest absolute Gasteiger partial charge is 0.355 e. The summed E-state index contributed by atoms with van der Waals surface area (Å²) in [5.41, 5.74) is 1.79. The summed E-state index contributed by atoms with van der Waals surface area (Å²) < 4.78 is 13.2. The van der Waals surface area contributed by atoms with Gasteiger partial charge in [-0.15, -0.1) is 0 Å². The Morgan fingerprint density at radius 2 is 2.19 bits per heavy atom. The molecule has 2 aromatic rings. The monoisotopic (exact) mass is 359 g/mol. The lowest BCUT2D eigenvalue weighted by molar-refractivity contribution is -0.123. The highest BCUT2D eigenvalue weighted by molar-refractivity contribution is 5.82. The first-order chi connectivity index (χ1) is 12.6. The predicted molar refractivity (Wildman–Crippen MR) is 98.3 cm³/mol. The topological polar surface area (TPSA) is 81.8 Å². The van der Waals surface area contributed by atoms with Crippen LogP contribution in [0.4, 0.5) is 4.39 Å². The average Bonchev–Trinajstić information content (AvgIpc) is 3.23. The minimum atomic E-state index is -0.268. The van der Waals surface area contributed by atoms with Crippen LogP contribution in [-0.4, -0.2) is 48.1 Å². The zero-order chi connectivity index (χ0) is 18.0. The summed E-state index contributed by atoms with van der Waals surface area (Å²) in [6.07, 6.45) is 4.77. The molecule has 1 aromatic carbocycles. The molecule has 1 unspecified atom stereocenters. The number of imidazole rings is 1. The van der Waals surface area contributed by atoms with Crippen LogP contribution in [0.3, 0.4) is 0 Å². The predicted octanol–water partition coefficient (Wildman–Crippen LogP) is 1.48. The fourth-order valence-electron chi connectivity index (χ4n) is 4.18. The normalized spacial score (nSPS) is 22.1. The molecule has 0 saturated carbocycles. The molecule has 0 radical (unpaired) electrons. The van der Waals surface area contributed by atoms with E-state index in [9.17, 15) is 9.18 Å². The van der Waals surface area contributed by atoms with E-state index in [1.54, 1.807) is 6.07 Å². The molecule has 3 heterocycles. The second kappa shape index (κ2) is 7.32. The van der Waals surface area contributed by atoms with Gasteiger partial charge in [0.15, 0.2) is 0 Å². The molecule has 140 valence electrons. The summed E-state index contributed by atoms with van der Waals surface area (Å²) in [5, 5.41) is 9.84. The van der Waals surface area contributed by atoms with Crippen molar-refractivity contribution in [1.29, 1.82) is 0 Å². The number of aryl methyl sites for hydroxylation is 1. The van der Waals surface area contributed by atoms with Crippen LogP contribution in [-0.2, 0) is 11.2 Å². The Balaban J connectivity index is 1.22. The fraction of sp³-hybridized carbons (Fsp3) is 0.579. The number of rotatable bonds is 5. The lowest BCUT2D eigenvalue weighted by Gasteiger charge is -2.33. The van der Waals surface area contributed by atoms with Crippen molar-refractivity contribution in [3.05, 3.63) is 29.8 Å². The number of hydrogen-bond acceptors (Lipinski definition) is 4. The number of H-pyrrole nitrogens is 1. The van der Waals surface area contributed by atoms with Crippen molar-refractivity contribution in [3.63, 3.8) is 0 Å². The number of fused-ring (bicyclic) bond motifs is 1. The molecule has 1 atom stereocenters. The van der Waals surface area contributed by atoms with Crippen molar-refractivity contribution in [2.75, 3.05) is 26.2 Å². The lowest BCUT2D eigenvalue weighted by atomic mass is 9.77. The van der Waals surface area contributed by atoms with E-state index in [2.05, 4.69) is 25.9 Å². The molecule has 2 aliphatic rings. The van der Waals surface area contributed by atoms with Gasteiger partial charge < -0.3 is 20.9 Å². The van der Waals surface area contributed by atoms with Gasteiger partial charge >= 0.3 is 0 Å². The number of aromatic nitrogens is 2. The molecule has 2 fully saturated rings. The molecule has 1 amide bonds. The van der Waals surface area contributed by atoms with Crippen LogP contribution in [0.25, 0.3) is 11.0 Å². The molecule has 7 heteroatoms. The number of piperidine rings is 1. The summed E-state index contributed by atoms with van der Waals surface area (Å²) in [7, 11) is 0. The average molecular weight is 359 g/mol. The summed E-state index contributed by atoms with van der Waals surface area (Å²) in [6.45, 7) is 3.67. The van der Waals surface area contributed by atoms with Gasteiger partial charge in [-0.25, -0.2) is 9.37 Å². The van der Waals surface area contributed by atoms with Gasteiger partial charge in [-0.1, -0.05) is 0 Å². The lowest BCUT2D eigenvalue weighted by Crippen LogP contribution is -2.40. The quantitative estimate of drug-likeness (QED) is 0.610. The third-order valence-corrected chi connectivity index (χ3v) is 5.72. The van der Waals surface area contributed by atoms with Crippen molar-refractivity contribution in [1.82, 2.24) is 25.9 Å². The number of benzene rings is 1. The maximum atomic E-state index is 13.2. The third-order valence-electron chi connectivity index (χ3n) is 5.72. The van der Waals surface area contributed by atoms with E-state index < -0.39 is 0 Å². The second-order valence-corrected chi connectivity index (χ2v) is 7.63. The second-order valence-electron chi connectivity index (χ2n) is 7.63. The van der Waals surface area contributed by atoms with E-state index in [0.717, 1.165) is 63.1 Å². The molecule has 26 heavy (non-hydrogen) atoms. The van der Waals surface area contributed by atoms with Crippen molar-refractivity contribution in [3.8, 4) is 0 Å². The van der Waals surface area contributed by atoms with E-state index in [-0.39, 0.29) is 17.8 Å². The van der Waals surface area contributed by atoms with Gasteiger partial charge in [0, 0.05) is 19.5 Å². The first-order valence-corrected chi connectivity index (χ1v) is 9.50. The van der Waals surface area contributed by atoms with Gasteiger partial charge in [0.1, 0.15) is 11.6 Å². The Hall–Kier alpha value is -1.99. The Kier molecular flexibility index (Phi) is 4.91. The van der Waals surface area contributed by atoms with Crippen LogP contribution >= 0.6 is 0 Å². The number of halogens is 1. The Labute approximate surface area is 152 Å². The molecule has 0 aliphatic carbocycles. The summed E-state index contributed by atoms with van der Waals surface area (Å²) in [6, 6.07) is 4.48. The van der Waals surface area contributed by atoms with Gasteiger partial charge in [-0.3, -0.25) is 4.79 Å². The van der Waals surface area contributed by atoms with E-state index in [4.69, 9.17) is 0 Å². The van der Waals surface area contributed by atoms with Crippen LogP contribution in [0.5, 0.6) is 0 Å². The first-order valence-electron chi connectivity index (χ1n) is 9.50. The van der Waals surface area contributed by atoms with Crippen LogP contribution in [0.15, 0.2) is 18.2 Å². The van der Waals surface area contributed by atoms with E-state index >= 15 is 0 Å². The van der Waals surface area contributed by atoms with Crippen molar-refractivity contribution >= 4 is 16.9 Å². The molecular formula is C19H26FN5O. The van der Waals surface area contributed by atoms with Crippen LogP contribution in [0, 0.1) is 11.2 Å². The van der Waals surface area contributed by atoms with Crippen molar-refractivity contribution in [2.24, 2.45) is 5.41 Å². The minimum Gasteiger partial charge on any atom is -0.355 e. The molecule has 4 N–H and O–H groups in total. The number of nitrogens with one attached hydrogen (secondary N) is 4. The maximum Gasteiger partial charge on any atom is 0.237 e. The van der Waals surface area contributed by atoms with Crippen LogP contribution < -0.4 is 16.0 Å². The molecule has 1 aromatic heterocycles. The third kappa shape index (κ3) is 3.73. The van der Waals surface area contributed by atoms with Crippen molar-refractivity contribution < 1.29 is 9.18 Å². The number of aromatic amines is 1. The zero-order valence-electron chi connectivity index (χ0n) is 14.9. The highest BCUT2D eigenvalue weighted by atomic mass is 19.1. The highest BCUT2D eigenvalue weighted by Crippen LogP contribution is 2.37. The van der Waals surface area contributed by atoms with Crippen LogP contribution in [0.2, 0.25) is 0 Å². The molecule has 2 saturated heterocycles. The number of nitrogens with zero attached hydrogens (tertiary/aromatic N) is 1. The van der Waals surface area contributed by atoms with Gasteiger partial charge in [-0.05, 0) is 62.4 Å². The summed E-state index contributed by atoms with van der Waals surface area (Å²) >= 11 is 0. The zero-order valence-corrected chi connectivity index (χ0v) is 14.9. The first kappa shape index (κ1) is 17.4. The molecule has 0 bridgehead atoms. The van der Waals surface area contributed by atoms with E-state index in [0.29, 0.717) is 17.5 Å². The van der Waals surface area contributed by atoms with E-state index in [1.807, 2.05) is 0 Å². The van der Waals surface area contributed by atoms with Gasteiger partial charge in [0.05, 0.1) is 17.1 Å². The highest BCUT2D eigenvalue weighted by Gasteiger charge is 2.41. The van der Waals surface area contributed by atoms with E-state index in [1.165, 1.54) is 12.1 Å². The van der Waals surface area contributed by atoms with Crippen LogP contribution in [0.1, 0.15) is 31.5 Å². The minimum absolute atomic E-state index is 0.0673. The molecule has 2 aliphatic heterocycles. The standard InChI is InChI=1S/C19H26FN5O/c20-13-3-4-14-15(10-13)25-17(24-14)2-1-7-22-18(26)16-11-19(12-23-16)5-8-21-9-6-19/h3-4,10,16,21,23H,1-2,5-9,11-12H2,(H,22,26)(H,24,25). The van der Waals surface area contributed by atoms with Gasteiger partial charge in [-0.2, -0.15) is 0 Å². The summed E-state index contributed by atoms with van der Waals surface area (Å²) in [5.74, 6) is 0.662. The van der Waals surface area contributed by atoms with Crippen molar-refractivity contribution in [2.45, 2.75) is 38.1 Å². The van der Waals surface area contributed by atoms with Gasteiger partial charge in [0.25, 0.3) is 0 Å². The summed E-state index contributed by atoms with van der Waals surface area (Å²) in [4.78, 5) is 20.0. The molecule has 1 spiro atoms. The molecule has 4 rings (SSSR count). The number of carbonyl (C=O) groups is 1. The fourth-order valence-corrected chi connectivity index (χ4v) is 4.18. The smallest absolute Gasteiger partial charge is 0.237 e. The molecular weight excluding hydrogens is 333 g/mol. The SMILES string of the molecule is O=C(NCCCc1nc2ccc(F)cc2[nH]1)C1CC2(CCNCC2)CN1.